The van der Waals surface area contributed by atoms with Crippen molar-refractivity contribution in [2.24, 2.45) is 5.92 Å². The summed E-state index contributed by atoms with van der Waals surface area (Å²) in [5, 5.41) is 0. The summed E-state index contributed by atoms with van der Waals surface area (Å²) < 4.78 is 41.9. The summed E-state index contributed by atoms with van der Waals surface area (Å²) in [5.41, 5.74) is -1.83. The summed E-state index contributed by atoms with van der Waals surface area (Å²) in [5.74, 6) is -2.20. The molecule has 0 spiro atoms. The van der Waals surface area contributed by atoms with Crippen LogP contribution in [0.5, 0.6) is 0 Å². The third-order valence-corrected chi connectivity index (χ3v) is 8.51. The average molecular weight is 512 g/mol. The molecule has 0 amide bonds. The largest absolute Gasteiger partial charge is 0.452 e. The molecule has 2 aliphatic carbocycles. The number of carbonyl (C=O) groups excluding carboxylic acids is 2. The summed E-state index contributed by atoms with van der Waals surface area (Å²) in [6, 6.07) is 17.0. The minimum atomic E-state index is -3.55. The zero-order valence-electron chi connectivity index (χ0n) is 20.6. The number of esters is 2. The lowest BCUT2D eigenvalue weighted by Gasteiger charge is -2.39. The Kier molecular flexibility index (Phi) is 7.76. The molecule has 10 heteroatoms. The fourth-order valence-corrected chi connectivity index (χ4v) is 6.35. The van der Waals surface area contributed by atoms with Crippen molar-refractivity contribution < 1.29 is 37.4 Å². The van der Waals surface area contributed by atoms with Gasteiger partial charge in [-0.2, -0.15) is 0 Å². The number of rotatable bonds is 11. The molecule has 2 aromatic carbocycles. The number of hydrogen-bond donors (Lipinski definition) is 0. The van der Waals surface area contributed by atoms with Crippen LogP contribution in [0.2, 0.25) is 5.82 Å². The molecule has 5 atom stereocenters. The van der Waals surface area contributed by atoms with E-state index in [2.05, 4.69) is 0 Å². The molecule has 2 radical (unpaired) electrons. The molecule has 2 saturated carbocycles. The van der Waals surface area contributed by atoms with Gasteiger partial charge in [0, 0.05) is 0 Å². The molecular weight excluding hydrogens is 482 g/mol. The maximum absolute atomic E-state index is 13.1. The number of fused-ring (bicyclic) bond motifs is 1. The Bertz CT molecular complexity index is 1120. The summed E-state index contributed by atoms with van der Waals surface area (Å²) in [6.45, 7) is 5.41. The van der Waals surface area contributed by atoms with Gasteiger partial charge in [0.1, 0.15) is 17.6 Å². The van der Waals surface area contributed by atoms with Gasteiger partial charge in [-0.15, -0.1) is 0 Å². The van der Waals surface area contributed by atoms with Crippen LogP contribution in [0.1, 0.15) is 47.9 Å². The smallest absolute Gasteiger partial charge is 0.356 e. The number of hydrogen-bond acceptors (Lipinski definition) is 8. The fourth-order valence-electron chi connectivity index (χ4n) is 4.94. The van der Waals surface area contributed by atoms with Crippen LogP contribution in [0, 0.1) is 5.92 Å². The predicted molar refractivity (Wildman–Crippen MR) is 133 cm³/mol. The predicted octanol–water partition coefficient (Wildman–Crippen LogP) is 4.80. The Morgan fingerprint density at radius 2 is 1.47 bits per heavy atom. The van der Waals surface area contributed by atoms with Crippen molar-refractivity contribution in [1.29, 1.82) is 0 Å². The molecule has 0 heterocycles. The number of carbonyl (C=O) groups is 2. The molecule has 190 valence electrons. The molecule has 8 nitrogen and oxygen atoms in total. The third-order valence-electron chi connectivity index (χ3n) is 6.77. The van der Waals surface area contributed by atoms with Gasteiger partial charge in [-0.3, -0.25) is 4.57 Å². The van der Waals surface area contributed by atoms with E-state index in [1.54, 1.807) is 81.4 Å². The van der Waals surface area contributed by atoms with E-state index in [0.717, 1.165) is 0 Å². The van der Waals surface area contributed by atoms with Crippen LogP contribution < -0.4 is 0 Å². The molecule has 5 unspecified atom stereocenters. The maximum atomic E-state index is 13.1. The molecule has 0 N–H and O–H groups in total. The molecule has 2 fully saturated rings. The molecule has 0 bridgehead atoms. The van der Waals surface area contributed by atoms with E-state index in [0.29, 0.717) is 17.5 Å². The maximum Gasteiger partial charge on any atom is 0.356 e. The quantitative estimate of drug-likeness (QED) is 0.241. The van der Waals surface area contributed by atoms with E-state index in [9.17, 15) is 14.2 Å². The molecule has 2 aromatic rings. The van der Waals surface area contributed by atoms with Gasteiger partial charge in [-0.1, -0.05) is 36.4 Å². The molecule has 36 heavy (non-hydrogen) atoms. The SMILES string of the molecule is [B]C1C2CC2(OCP(=O)(OCC)OCC)C(OC(=O)c2ccccc2)C1(C)OC(=O)c1ccccc1. The third kappa shape index (κ3) is 5.03. The van der Waals surface area contributed by atoms with Crippen molar-refractivity contribution >= 4 is 27.4 Å². The summed E-state index contributed by atoms with van der Waals surface area (Å²) in [6.07, 6.45) is -0.959. The fraction of sp³-hybridized carbons (Fsp3) is 0.462. The highest BCUT2D eigenvalue weighted by atomic mass is 31.2. The Morgan fingerprint density at radius 1 is 0.944 bits per heavy atom. The van der Waals surface area contributed by atoms with Crippen LogP contribution in [0.25, 0.3) is 0 Å². The minimum Gasteiger partial charge on any atom is -0.452 e. The van der Waals surface area contributed by atoms with Crippen molar-refractivity contribution in [2.75, 3.05) is 19.6 Å². The molecule has 2 aliphatic rings. The van der Waals surface area contributed by atoms with E-state index in [4.69, 9.17) is 31.1 Å². The van der Waals surface area contributed by atoms with Gasteiger partial charge in [0.05, 0.1) is 32.2 Å². The van der Waals surface area contributed by atoms with Gasteiger partial charge >= 0.3 is 19.5 Å². The highest BCUT2D eigenvalue weighted by Gasteiger charge is 2.78. The second-order valence-corrected chi connectivity index (χ2v) is 11.1. The zero-order chi connectivity index (χ0) is 26.0. The highest BCUT2D eigenvalue weighted by molar-refractivity contribution is 7.53. The van der Waals surface area contributed by atoms with E-state index in [-0.39, 0.29) is 25.5 Å². The van der Waals surface area contributed by atoms with Gasteiger partial charge < -0.3 is 23.3 Å². The van der Waals surface area contributed by atoms with Crippen molar-refractivity contribution in [3.8, 4) is 0 Å². The van der Waals surface area contributed by atoms with Crippen molar-refractivity contribution in [3.63, 3.8) is 0 Å². The van der Waals surface area contributed by atoms with Crippen LogP contribution in [-0.4, -0.2) is 56.7 Å². The second-order valence-electron chi connectivity index (χ2n) is 9.10. The monoisotopic (exact) mass is 512 g/mol. The normalized spacial score (nSPS) is 28.8. The molecule has 0 aliphatic heterocycles. The van der Waals surface area contributed by atoms with E-state index < -0.39 is 42.7 Å². The highest BCUT2D eigenvalue weighted by Crippen LogP contribution is 2.69. The van der Waals surface area contributed by atoms with Crippen LogP contribution >= 0.6 is 7.60 Å². The van der Waals surface area contributed by atoms with E-state index in [1.807, 2.05) is 0 Å². The van der Waals surface area contributed by atoms with Crippen LogP contribution in [0.4, 0.5) is 0 Å². The lowest BCUT2D eigenvalue weighted by molar-refractivity contribution is -0.128. The topological polar surface area (TPSA) is 97.4 Å². The van der Waals surface area contributed by atoms with Crippen molar-refractivity contribution in [3.05, 3.63) is 71.8 Å². The molecule has 0 aromatic heterocycles. The van der Waals surface area contributed by atoms with Crippen LogP contribution in [0.3, 0.4) is 0 Å². The Balaban J connectivity index is 1.64. The summed E-state index contributed by atoms with van der Waals surface area (Å²) in [4.78, 5) is 26.1. The van der Waals surface area contributed by atoms with E-state index >= 15 is 0 Å². The number of ether oxygens (including phenoxy) is 3. The molecule has 4 rings (SSSR count). The Morgan fingerprint density at radius 3 is 2.00 bits per heavy atom. The van der Waals surface area contributed by atoms with Crippen LogP contribution in [-0.2, 0) is 27.8 Å². The standard InChI is InChI=1S/C26H30BO8P/c1-4-32-36(30,33-5-2)17-31-26-16-20(26)21(27)25(3,35-23(29)19-14-10-7-11-15-19)24(26)34-22(28)18-12-8-6-9-13-18/h6-15,20-21,24H,4-5,16-17H2,1-3H3. The first kappa shape index (κ1) is 26.6. The summed E-state index contributed by atoms with van der Waals surface area (Å²) in [7, 11) is 3.04. The van der Waals surface area contributed by atoms with Gasteiger partial charge in [-0.05, 0) is 63.2 Å². The first-order chi connectivity index (χ1) is 17.2. The zero-order valence-corrected chi connectivity index (χ0v) is 21.5. The Labute approximate surface area is 212 Å². The van der Waals surface area contributed by atoms with Gasteiger partial charge in [0.2, 0.25) is 0 Å². The van der Waals surface area contributed by atoms with Gasteiger partial charge in [-0.25, -0.2) is 9.59 Å². The van der Waals surface area contributed by atoms with Crippen LogP contribution in [0.15, 0.2) is 60.7 Å². The van der Waals surface area contributed by atoms with E-state index in [1.165, 1.54) is 0 Å². The second kappa shape index (κ2) is 10.5. The lowest BCUT2D eigenvalue weighted by Crippen LogP contribution is -2.52. The summed E-state index contributed by atoms with van der Waals surface area (Å²) >= 11 is 0. The average Bonchev–Trinajstić information content (AvgIpc) is 3.58. The molecular formula is C26H30BO8P. The van der Waals surface area contributed by atoms with Gasteiger partial charge in [0.15, 0.2) is 6.10 Å². The Hall–Kier alpha value is -2.45. The first-order valence-corrected chi connectivity index (χ1v) is 13.7. The van der Waals surface area contributed by atoms with Gasteiger partial charge in [0.25, 0.3) is 0 Å². The minimum absolute atomic E-state index is 0.176. The first-order valence-electron chi connectivity index (χ1n) is 12.0. The molecule has 0 saturated heterocycles. The number of benzene rings is 2. The van der Waals surface area contributed by atoms with Crippen molar-refractivity contribution in [1.82, 2.24) is 0 Å². The lowest BCUT2D eigenvalue weighted by atomic mass is 9.72. The van der Waals surface area contributed by atoms with Crippen molar-refractivity contribution in [2.45, 2.75) is 50.3 Å².